The zero-order chi connectivity index (χ0) is 16.5. The van der Waals surface area contributed by atoms with Crippen LogP contribution in [0.25, 0.3) is 10.9 Å². The molecule has 0 saturated carbocycles. The minimum absolute atomic E-state index is 0.488. The summed E-state index contributed by atoms with van der Waals surface area (Å²) in [5.41, 5.74) is 2.03. The van der Waals surface area contributed by atoms with Gasteiger partial charge in [0.25, 0.3) is 0 Å². The minimum atomic E-state index is -0.769. The maximum atomic E-state index is 11.6. The van der Waals surface area contributed by atoms with Crippen LogP contribution in [0.4, 0.5) is 11.5 Å². The lowest BCUT2D eigenvalue weighted by molar-refractivity contribution is -0.138. The van der Waals surface area contributed by atoms with Crippen LogP contribution in [0.1, 0.15) is 32.1 Å². The van der Waals surface area contributed by atoms with E-state index in [0.29, 0.717) is 6.42 Å². The molecular formula is C18H22N4O2. The molecule has 6 heteroatoms. The number of aromatic nitrogens is 2. The van der Waals surface area contributed by atoms with E-state index in [1.165, 1.54) is 19.3 Å². The van der Waals surface area contributed by atoms with Crippen molar-refractivity contribution in [1.82, 2.24) is 9.97 Å². The van der Waals surface area contributed by atoms with E-state index in [-0.39, 0.29) is 0 Å². The molecule has 4 rings (SSSR count). The van der Waals surface area contributed by atoms with E-state index >= 15 is 0 Å². The van der Waals surface area contributed by atoms with Gasteiger partial charge < -0.3 is 14.9 Å². The molecule has 6 nitrogen and oxygen atoms in total. The van der Waals surface area contributed by atoms with E-state index in [1.807, 2.05) is 17.0 Å². The monoisotopic (exact) mass is 326 g/mol. The van der Waals surface area contributed by atoms with Crippen LogP contribution in [0, 0.1) is 0 Å². The molecule has 1 unspecified atom stereocenters. The molecule has 0 aliphatic carbocycles. The number of fused-ring (bicyclic) bond motifs is 1. The smallest absolute Gasteiger partial charge is 0.326 e. The molecule has 0 spiro atoms. The van der Waals surface area contributed by atoms with Gasteiger partial charge in [-0.1, -0.05) is 6.07 Å². The maximum Gasteiger partial charge on any atom is 0.326 e. The molecule has 1 atom stereocenters. The number of nitrogens with zero attached hydrogens (tertiary/aromatic N) is 4. The highest BCUT2D eigenvalue weighted by Gasteiger charge is 2.33. The highest BCUT2D eigenvalue weighted by atomic mass is 16.4. The Kier molecular flexibility index (Phi) is 3.96. The van der Waals surface area contributed by atoms with Crippen molar-refractivity contribution >= 4 is 28.4 Å². The molecule has 2 saturated heterocycles. The molecule has 0 amide bonds. The second kappa shape index (κ2) is 6.26. The number of piperidine rings is 1. The Morgan fingerprint density at radius 2 is 1.92 bits per heavy atom. The van der Waals surface area contributed by atoms with Gasteiger partial charge in [-0.25, -0.2) is 14.8 Å². The molecule has 24 heavy (non-hydrogen) atoms. The number of aliphatic carboxylic acids is 1. The second-order valence-electron chi connectivity index (χ2n) is 6.61. The van der Waals surface area contributed by atoms with E-state index in [1.54, 1.807) is 6.33 Å². The second-order valence-corrected chi connectivity index (χ2v) is 6.61. The van der Waals surface area contributed by atoms with Gasteiger partial charge in [0, 0.05) is 25.3 Å². The molecule has 2 aliphatic rings. The maximum absolute atomic E-state index is 11.6. The van der Waals surface area contributed by atoms with Gasteiger partial charge in [0.1, 0.15) is 18.2 Å². The van der Waals surface area contributed by atoms with Gasteiger partial charge in [-0.05, 0) is 44.2 Å². The van der Waals surface area contributed by atoms with Gasteiger partial charge in [0.15, 0.2) is 0 Å². The topological polar surface area (TPSA) is 69.6 Å². The van der Waals surface area contributed by atoms with Crippen molar-refractivity contribution in [1.29, 1.82) is 0 Å². The molecule has 2 fully saturated rings. The Morgan fingerprint density at radius 1 is 1.08 bits per heavy atom. The van der Waals surface area contributed by atoms with Crippen molar-refractivity contribution < 1.29 is 9.90 Å². The van der Waals surface area contributed by atoms with Gasteiger partial charge in [0.05, 0.1) is 10.9 Å². The van der Waals surface area contributed by atoms with Crippen LogP contribution >= 0.6 is 0 Å². The van der Waals surface area contributed by atoms with Crippen LogP contribution in [-0.4, -0.2) is 46.7 Å². The molecule has 2 aliphatic heterocycles. The summed E-state index contributed by atoms with van der Waals surface area (Å²) in [5, 5.41) is 10.5. The number of hydrogen-bond acceptors (Lipinski definition) is 5. The van der Waals surface area contributed by atoms with Gasteiger partial charge in [-0.3, -0.25) is 0 Å². The predicted octanol–water partition coefficient (Wildman–Crippen LogP) is 2.67. The Morgan fingerprint density at radius 3 is 2.71 bits per heavy atom. The molecular weight excluding hydrogens is 304 g/mol. The third kappa shape index (κ3) is 2.56. The molecule has 1 N–H and O–H groups in total. The van der Waals surface area contributed by atoms with Crippen LogP contribution in [0.3, 0.4) is 0 Å². The number of carbonyl (C=O) groups is 1. The fourth-order valence-corrected chi connectivity index (χ4v) is 3.97. The molecule has 126 valence electrons. The third-order valence-corrected chi connectivity index (χ3v) is 5.13. The summed E-state index contributed by atoms with van der Waals surface area (Å²) < 4.78 is 0. The SMILES string of the molecule is O=C(O)C1CCCN1c1ncnc2cccc(N3CCCCC3)c12. The Labute approximate surface area is 141 Å². The Hall–Kier alpha value is -2.37. The van der Waals surface area contributed by atoms with Gasteiger partial charge in [0.2, 0.25) is 0 Å². The van der Waals surface area contributed by atoms with Crippen LogP contribution in [0.2, 0.25) is 0 Å². The van der Waals surface area contributed by atoms with Crippen LogP contribution < -0.4 is 9.80 Å². The van der Waals surface area contributed by atoms with E-state index in [2.05, 4.69) is 20.9 Å². The average molecular weight is 326 g/mol. The molecule has 0 bridgehead atoms. The third-order valence-electron chi connectivity index (χ3n) is 5.13. The number of carboxylic acids is 1. The van der Waals surface area contributed by atoms with Crippen molar-refractivity contribution in [3.8, 4) is 0 Å². The highest BCUT2D eigenvalue weighted by molar-refractivity contribution is 6.01. The first-order valence-corrected chi connectivity index (χ1v) is 8.74. The van der Waals surface area contributed by atoms with Crippen LogP contribution in [0.15, 0.2) is 24.5 Å². The molecule has 1 aromatic carbocycles. The quantitative estimate of drug-likeness (QED) is 0.935. The van der Waals surface area contributed by atoms with Crippen molar-refractivity contribution in [2.75, 3.05) is 29.4 Å². The fourth-order valence-electron chi connectivity index (χ4n) is 3.97. The van der Waals surface area contributed by atoms with E-state index in [4.69, 9.17) is 0 Å². The van der Waals surface area contributed by atoms with E-state index in [9.17, 15) is 9.90 Å². The fraction of sp³-hybridized carbons (Fsp3) is 0.500. The number of anilines is 2. The number of benzene rings is 1. The Balaban J connectivity index is 1.85. The summed E-state index contributed by atoms with van der Waals surface area (Å²) >= 11 is 0. The summed E-state index contributed by atoms with van der Waals surface area (Å²) in [5.74, 6) is 0.000731. The van der Waals surface area contributed by atoms with Crippen LogP contribution in [0.5, 0.6) is 0 Å². The normalized spacial score (nSPS) is 21.4. The summed E-state index contributed by atoms with van der Waals surface area (Å²) in [7, 11) is 0. The standard InChI is InChI=1S/C18H22N4O2/c23-18(24)15-8-5-11-22(15)17-16-13(19-12-20-17)6-4-7-14(16)21-9-2-1-3-10-21/h4,6-7,12,15H,1-3,5,8-11H2,(H,23,24). The number of rotatable bonds is 3. The minimum Gasteiger partial charge on any atom is -0.480 e. The number of hydrogen-bond donors (Lipinski definition) is 1. The molecule has 2 aromatic rings. The molecule has 0 radical (unpaired) electrons. The van der Waals surface area contributed by atoms with Crippen molar-refractivity contribution in [3.05, 3.63) is 24.5 Å². The summed E-state index contributed by atoms with van der Waals surface area (Å²) in [4.78, 5) is 24.9. The lowest BCUT2D eigenvalue weighted by Gasteiger charge is -2.31. The lowest BCUT2D eigenvalue weighted by Crippen LogP contribution is -2.37. The number of carboxylic acid groups (broad SMARTS) is 1. The summed E-state index contributed by atoms with van der Waals surface area (Å²) in [6, 6.07) is 5.64. The van der Waals surface area contributed by atoms with Crippen molar-refractivity contribution in [3.63, 3.8) is 0 Å². The van der Waals surface area contributed by atoms with E-state index in [0.717, 1.165) is 48.5 Å². The summed E-state index contributed by atoms with van der Waals surface area (Å²) in [6.45, 7) is 2.81. The highest BCUT2D eigenvalue weighted by Crippen LogP contribution is 2.36. The first-order valence-electron chi connectivity index (χ1n) is 8.74. The van der Waals surface area contributed by atoms with Gasteiger partial charge in [-0.15, -0.1) is 0 Å². The summed E-state index contributed by atoms with van der Waals surface area (Å²) in [6.07, 6.45) is 6.77. The van der Waals surface area contributed by atoms with Gasteiger partial charge in [-0.2, -0.15) is 0 Å². The lowest BCUT2D eigenvalue weighted by atomic mass is 10.1. The first kappa shape index (κ1) is 15.2. The largest absolute Gasteiger partial charge is 0.480 e. The first-order chi connectivity index (χ1) is 11.8. The van der Waals surface area contributed by atoms with E-state index < -0.39 is 12.0 Å². The van der Waals surface area contributed by atoms with Crippen LogP contribution in [-0.2, 0) is 4.79 Å². The zero-order valence-corrected chi connectivity index (χ0v) is 13.7. The van der Waals surface area contributed by atoms with Crippen molar-refractivity contribution in [2.24, 2.45) is 0 Å². The van der Waals surface area contributed by atoms with Gasteiger partial charge >= 0.3 is 5.97 Å². The van der Waals surface area contributed by atoms with Crippen molar-refractivity contribution in [2.45, 2.75) is 38.1 Å². The zero-order valence-electron chi connectivity index (χ0n) is 13.7. The predicted molar refractivity (Wildman–Crippen MR) is 93.6 cm³/mol. The molecule has 3 heterocycles. The average Bonchev–Trinajstić information content (AvgIpc) is 3.11. The molecule has 1 aromatic heterocycles. The Bertz CT molecular complexity index is 753.